The summed E-state index contributed by atoms with van der Waals surface area (Å²) in [6.45, 7) is 3.16. The van der Waals surface area contributed by atoms with E-state index in [2.05, 4.69) is 57.4 Å². The van der Waals surface area contributed by atoms with Crippen LogP contribution in [0.25, 0.3) is 0 Å². The molecule has 0 aliphatic heterocycles. The molecule has 1 aromatic carbocycles. The van der Waals surface area contributed by atoms with Crippen LogP contribution in [0.1, 0.15) is 22.6 Å². The molecule has 2 rings (SSSR count). The Morgan fingerprint density at radius 1 is 1.35 bits per heavy atom. The molecule has 2 aromatic rings. The van der Waals surface area contributed by atoms with Gasteiger partial charge in [0.15, 0.2) is 0 Å². The number of thiazole rings is 1. The third-order valence-corrected chi connectivity index (χ3v) is 5.35. The molecule has 0 radical (unpaired) electrons. The fourth-order valence-electron chi connectivity index (χ4n) is 2.44. The molecule has 1 aromatic heterocycles. The van der Waals surface area contributed by atoms with Crippen molar-refractivity contribution in [3.8, 4) is 0 Å². The highest BCUT2D eigenvalue weighted by Gasteiger charge is 2.12. The molecule has 0 fully saturated rings. The number of rotatable bonds is 7. The maximum Gasteiger partial charge on any atom is 0.0797 e. The van der Waals surface area contributed by atoms with Gasteiger partial charge in [-0.25, -0.2) is 4.98 Å². The lowest BCUT2D eigenvalue weighted by Crippen LogP contribution is -2.21. The van der Waals surface area contributed by atoms with Crippen molar-refractivity contribution in [2.24, 2.45) is 5.92 Å². The normalized spacial score (nSPS) is 12.6. The van der Waals surface area contributed by atoms with Gasteiger partial charge in [-0.1, -0.05) is 34.1 Å². The van der Waals surface area contributed by atoms with Crippen molar-refractivity contribution in [2.45, 2.75) is 26.2 Å². The lowest BCUT2D eigenvalue weighted by atomic mass is 9.94. The molecule has 0 saturated heterocycles. The van der Waals surface area contributed by atoms with Gasteiger partial charge in [0, 0.05) is 9.35 Å². The minimum Gasteiger partial charge on any atom is -0.319 e. The summed E-state index contributed by atoms with van der Waals surface area (Å²) in [5, 5.41) is 3.32. The molecule has 20 heavy (non-hydrogen) atoms. The van der Waals surface area contributed by atoms with Gasteiger partial charge in [-0.15, -0.1) is 11.3 Å². The molecule has 1 atom stereocenters. The van der Waals surface area contributed by atoms with Crippen molar-refractivity contribution < 1.29 is 0 Å². The minimum atomic E-state index is 0.653. The second-order valence-corrected chi connectivity index (χ2v) is 6.91. The minimum absolute atomic E-state index is 0.653. The van der Waals surface area contributed by atoms with Crippen LogP contribution >= 0.6 is 27.3 Å². The van der Waals surface area contributed by atoms with Crippen molar-refractivity contribution in [3.05, 3.63) is 50.4 Å². The summed E-state index contributed by atoms with van der Waals surface area (Å²) in [6, 6.07) is 8.52. The fourth-order valence-corrected chi connectivity index (χ4v) is 3.68. The molecule has 0 saturated carbocycles. The van der Waals surface area contributed by atoms with Crippen molar-refractivity contribution in [2.75, 3.05) is 13.6 Å². The van der Waals surface area contributed by atoms with Crippen LogP contribution in [-0.2, 0) is 12.8 Å². The van der Waals surface area contributed by atoms with E-state index in [-0.39, 0.29) is 0 Å². The average molecular weight is 353 g/mol. The summed E-state index contributed by atoms with van der Waals surface area (Å²) >= 11 is 5.43. The number of halogens is 1. The van der Waals surface area contributed by atoms with Gasteiger partial charge in [-0.2, -0.15) is 0 Å². The van der Waals surface area contributed by atoms with Crippen LogP contribution in [0.3, 0.4) is 0 Å². The predicted molar refractivity (Wildman–Crippen MR) is 90.4 cm³/mol. The molecule has 2 nitrogen and oxygen atoms in total. The molecule has 1 heterocycles. The van der Waals surface area contributed by atoms with E-state index in [0.717, 1.165) is 19.4 Å². The molecule has 1 N–H and O–H groups in total. The summed E-state index contributed by atoms with van der Waals surface area (Å²) < 4.78 is 1.22. The van der Waals surface area contributed by atoms with Gasteiger partial charge in [-0.05, 0) is 57.3 Å². The van der Waals surface area contributed by atoms with Gasteiger partial charge < -0.3 is 5.32 Å². The van der Waals surface area contributed by atoms with E-state index in [1.807, 2.05) is 12.6 Å². The summed E-state index contributed by atoms with van der Waals surface area (Å²) in [4.78, 5) is 5.76. The monoisotopic (exact) mass is 352 g/mol. The van der Waals surface area contributed by atoms with Gasteiger partial charge >= 0.3 is 0 Å². The summed E-state index contributed by atoms with van der Waals surface area (Å²) in [5.74, 6) is 0.653. The highest BCUT2D eigenvalue weighted by Crippen LogP contribution is 2.23. The number of aryl methyl sites for hydroxylation is 2. The van der Waals surface area contributed by atoms with E-state index in [1.54, 1.807) is 11.3 Å². The number of hydrogen-bond acceptors (Lipinski definition) is 3. The summed E-state index contributed by atoms with van der Waals surface area (Å²) in [5.41, 5.74) is 4.54. The Hall–Kier alpha value is -0.710. The molecular weight excluding hydrogens is 332 g/mol. The lowest BCUT2D eigenvalue weighted by Gasteiger charge is -2.17. The number of hydrogen-bond donors (Lipinski definition) is 1. The quantitative estimate of drug-likeness (QED) is 0.806. The molecular formula is C16H21BrN2S. The number of nitrogens with one attached hydrogen (secondary N) is 1. The van der Waals surface area contributed by atoms with Gasteiger partial charge in [-0.3, -0.25) is 0 Å². The molecule has 0 spiro atoms. The SMILES string of the molecule is CNCC(CCc1scnc1C)Cc1ccccc1Br. The Balaban J connectivity index is 1.97. The van der Waals surface area contributed by atoms with Gasteiger partial charge in [0.2, 0.25) is 0 Å². The van der Waals surface area contributed by atoms with E-state index < -0.39 is 0 Å². The Morgan fingerprint density at radius 3 is 2.80 bits per heavy atom. The van der Waals surface area contributed by atoms with Crippen LogP contribution in [-0.4, -0.2) is 18.6 Å². The number of benzene rings is 1. The Labute approximate surface area is 133 Å². The van der Waals surface area contributed by atoms with E-state index in [9.17, 15) is 0 Å². The number of nitrogens with zero attached hydrogens (tertiary/aromatic N) is 1. The molecule has 108 valence electrons. The van der Waals surface area contributed by atoms with Crippen molar-refractivity contribution in [1.82, 2.24) is 10.3 Å². The maximum atomic E-state index is 4.33. The van der Waals surface area contributed by atoms with Crippen LogP contribution in [0.2, 0.25) is 0 Å². The molecule has 0 bridgehead atoms. The standard InChI is InChI=1S/C16H21BrN2S/c1-12-16(20-11-19-12)8-7-13(10-18-2)9-14-5-3-4-6-15(14)17/h3-6,11,13,18H,7-10H2,1-2H3. The second-order valence-electron chi connectivity index (χ2n) is 5.12. The first-order chi connectivity index (χ1) is 9.70. The first-order valence-electron chi connectivity index (χ1n) is 6.97. The third kappa shape index (κ3) is 4.40. The maximum absolute atomic E-state index is 4.33. The van der Waals surface area contributed by atoms with Crippen LogP contribution in [0.5, 0.6) is 0 Å². The Morgan fingerprint density at radius 2 is 2.15 bits per heavy atom. The topological polar surface area (TPSA) is 24.9 Å². The van der Waals surface area contributed by atoms with Crippen LogP contribution < -0.4 is 5.32 Å². The van der Waals surface area contributed by atoms with Crippen LogP contribution in [0.4, 0.5) is 0 Å². The Bertz CT molecular complexity index is 539. The first kappa shape index (κ1) is 15.7. The van der Waals surface area contributed by atoms with Crippen LogP contribution in [0, 0.1) is 12.8 Å². The van der Waals surface area contributed by atoms with E-state index in [0.29, 0.717) is 5.92 Å². The molecule has 0 amide bonds. The van der Waals surface area contributed by atoms with Gasteiger partial charge in [0.1, 0.15) is 0 Å². The molecule has 4 heteroatoms. The lowest BCUT2D eigenvalue weighted by molar-refractivity contribution is 0.461. The molecule has 0 aliphatic rings. The zero-order valence-electron chi connectivity index (χ0n) is 12.0. The second kappa shape index (κ2) is 7.91. The van der Waals surface area contributed by atoms with E-state index >= 15 is 0 Å². The summed E-state index contributed by atoms with van der Waals surface area (Å²) in [7, 11) is 2.03. The zero-order valence-corrected chi connectivity index (χ0v) is 14.4. The van der Waals surface area contributed by atoms with Crippen molar-refractivity contribution >= 4 is 27.3 Å². The number of aromatic nitrogens is 1. The van der Waals surface area contributed by atoms with Gasteiger partial charge in [0.25, 0.3) is 0 Å². The van der Waals surface area contributed by atoms with Gasteiger partial charge in [0.05, 0.1) is 11.2 Å². The third-order valence-electron chi connectivity index (χ3n) is 3.58. The average Bonchev–Trinajstić information content (AvgIpc) is 2.84. The fraction of sp³-hybridized carbons (Fsp3) is 0.438. The highest BCUT2D eigenvalue weighted by molar-refractivity contribution is 9.10. The molecule has 1 unspecified atom stereocenters. The predicted octanol–water partition coefficient (Wildman–Crippen LogP) is 4.22. The van der Waals surface area contributed by atoms with E-state index in [1.165, 1.54) is 27.0 Å². The van der Waals surface area contributed by atoms with Crippen molar-refractivity contribution in [1.29, 1.82) is 0 Å². The smallest absolute Gasteiger partial charge is 0.0797 e. The highest BCUT2D eigenvalue weighted by atomic mass is 79.9. The zero-order chi connectivity index (χ0) is 14.4. The Kier molecular flexibility index (Phi) is 6.20. The van der Waals surface area contributed by atoms with Crippen molar-refractivity contribution in [3.63, 3.8) is 0 Å². The summed E-state index contributed by atoms with van der Waals surface area (Å²) in [6.07, 6.45) is 3.44. The largest absolute Gasteiger partial charge is 0.319 e. The molecule has 0 aliphatic carbocycles. The van der Waals surface area contributed by atoms with E-state index in [4.69, 9.17) is 0 Å². The van der Waals surface area contributed by atoms with Crippen LogP contribution in [0.15, 0.2) is 34.2 Å². The first-order valence-corrected chi connectivity index (χ1v) is 8.65.